The third kappa shape index (κ3) is 2.94. The van der Waals surface area contributed by atoms with Crippen molar-refractivity contribution in [2.45, 2.75) is 23.3 Å². The Kier molecular flexibility index (Phi) is 4.66. The number of amides is 4. The lowest BCUT2D eigenvalue weighted by Gasteiger charge is -2.33. The third-order valence-electron chi connectivity index (χ3n) is 5.79. The molecule has 1 fully saturated rings. The van der Waals surface area contributed by atoms with Crippen LogP contribution in [-0.2, 0) is 15.1 Å². The molecule has 0 bridgehead atoms. The van der Waals surface area contributed by atoms with Gasteiger partial charge in [0.2, 0.25) is 5.91 Å². The molecule has 2 aromatic rings. The summed E-state index contributed by atoms with van der Waals surface area (Å²) in [7, 11) is 0. The Labute approximate surface area is 178 Å². The summed E-state index contributed by atoms with van der Waals surface area (Å²) in [6, 6.07) is 14.4. The number of nitrogens with one attached hydrogen (secondary N) is 1. The number of hydrogen-bond acceptors (Lipinski definition) is 5. The van der Waals surface area contributed by atoms with Crippen LogP contribution >= 0.6 is 11.8 Å². The van der Waals surface area contributed by atoms with Gasteiger partial charge in [0.15, 0.2) is 5.54 Å². The molecule has 3 heterocycles. The fourth-order valence-electron chi connectivity index (χ4n) is 4.32. The summed E-state index contributed by atoms with van der Waals surface area (Å²) in [5.41, 5.74) is 0.308. The van der Waals surface area contributed by atoms with Crippen LogP contribution in [0.4, 0.5) is 10.5 Å². The Morgan fingerprint density at radius 3 is 2.83 bits per heavy atom. The number of carbonyl (C=O) groups is 3. The monoisotopic (exact) mass is 423 g/mol. The molecular weight excluding hydrogens is 402 g/mol. The van der Waals surface area contributed by atoms with Crippen LogP contribution in [0, 0.1) is 0 Å². The van der Waals surface area contributed by atoms with Crippen LogP contribution < -0.4 is 15.0 Å². The lowest BCUT2D eigenvalue weighted by molar-refractivity contribution is -0.135. The second kappa shape index (κ2) is 7.36. The van der Waals surface area contributed by atoms with Gasteiger partial charge in [-0.15, -0.1) is 11.8 Å². The van der Waals surface area contributed by atoms with E-state index in [4.69, 9.17) is 4.74 Å². The molecule has 3 aliphatic heterocycles. The number of ether oxygens (including phenoxy) is 1. The van der Waals surface area contributed by atoms with Crippen molar-refractivity contribution >= 4 is 35.3 Å². The van der Waals surface area contributed by atoms with E-state index in [9.17, 15) is 14.4 Å². The summed E-state index contributed by atoms with van der Waals surface area (Å²) >= 11 is 1.72. The minimum absolute atomic E-state index is 0.258. The molecule has 1 spiro atoms. The van der Waals surface area contributed by atoms with Crippen molar-refractivity contribution in [3.8, 4) is 5.75 Å². The predicted molar refractivity (Wildman–Crippen MR) is 113 cm³/mol. The predicted octanol–water partition coefficient (Wildman–Crippen LogP) is 2.75. The first-order valence-corrected chi connectivity index (χ1v) is 11.0. The molecule has 154 valence electrons. The number of para-hydroxylation sites is 2. The highest BCUT2D eigenvalue weighted by Crippen LogP contribution is 2.41. The van der Waals surface area contributed by atoms with Gasteiger partial charge in [-0.25, -0.2) is 4.79 Å². The van der Waals surface area contributed by atoms with Crippen LogP contribution in [-0.4, -0.2) is 48.2 Å². The number of benzene rings is 2. The average Bonchev–Trinajstić information content (AvgIpc) is 2.91. The Morgan fingerprint density at radius 2 is 1.93 bits per heavy atom. The normalized spacial score (nSPS) is 22.8. The summed E-state index contributed by atoms with van der Waals surface area (Å²) in [6.45, 7) is 0.601. The lowest BCUT2D eigenvalue weighted by Crippen LogP contribution is -2.48. The lowest BCUT2D eigenvalue weighted by atomic mass is 9.84. The molecule has 0 radical (unpaired) electrons. The quantitative estimate of drug-likeness (QED) is 0.752. The molecule has 2 aromatic carbocycles. The number of anilines is 1. The van der Waals surface area contributed by atoms with Gasteiger partial charge in [-0.05, 0) is 30.4 Å². The summed E-state index contributed by atoms with van der Waals surface area (Å²) in [5, 5.41) is 2.85. The Hall–Kier alpha value is -3.00. The van der Waals surface area contributed by atoms with E-state index in [1.165, 1.54) is 0 Å². The van der Waals surface area contributed by atoms with Gasteiger partial charge in [-0.2, -0.15) is 0 Å². The van der Waals surface area contributed by atoms with Crippen molar-refractivity contribution in [2.24, 2.45) is 0 Å². The highest BCUT2D eigenvalue weighted by molar-refractivity contribution is 7.99. The molecule has 4 amide bonds. The zero-order chi connectivity index (χ0) is 20.7. The van der Waals surface area contributed by atoms with Gasteiger partial charge in [-0.3, -0.25) is 14.5 Å². The molecule has 1 atom stereocenters. The van der Waals surface area contributed by atoms with Crippen molar-refractivity contribution in [1.82, 2.24) is 10.2 Å². The number of carbonyl (C=O) groups excluding carboxylic acids is 3. The van der Waals surface area contributed by atoms with E-state index < -0.39 is 17.5 Å². The number of fused-ring (bicyclic) bond motifs is 3. The van der Waals surface area contributed by atoms with Crippen molar-refractivity contribution in [3.05, 3.63) is 54.1 Å². The minimum Gasteiger partial charge on any atom is -0.493 e. The molecule has 7 nitrogen and oxygen atoms in total. The minimum atomic E-state index is -1.17. The zero-order valence-electron chi connectivity index (χ0n) is 16.3. The van der Waals surface area contributed by atoms with Gasteiger partial charge in [0.05, 0.1) is 12.3 Å². The van der Waals surface area contributed by atoms with Crippen LogP contribution in [0.25, 0.3) is 0 Å². The first-order chi connectivity index (χ1) is 14.6. The number of thioether (sulfide) groups is 1. The van der Waals surface area contributed by atoms with Crippen LogP contribution in [0.2, 0.25) is 0 Å². The van der Waals surface area contributed by atoms with Gasteiger partial charge >= 0.3 is 6.03 Å². The van der Waals surface area contributed by atoms with Gasteiger partial charge in [0.25, 0.3) is 5.91 Å². The smallest absolute Gasteiger partial charge is 0.325 e. The first kappa shape index (κ1) is 19.0. The van der Waals surface area contributed by atoms with Crippen LogP contribution in [0.1, 0.15) is 18.4 Å². The second-order valence-electron chi connectivity index (χ2n) is 7.54. The second-order valence-corrected chi connectivity index (χ2v) is 8.67. The molecule has 1 saturated heterocycles. The Bertz CT molecular complexity index is 1040. The van der Waals surface area contributed by atoms with E-state index in [0.717, 1.165) is 27.7 Å². The van der Waals surface area contributed by atoms with E-state index >= 15 is 0 Å². The number of rotatable bonds is 2. The van der Waals surface area contributed by atoms with Crippen LogP contribution in [0.3, 0.4) is 0 Å². The highest BCUT2D eigenvalue weighted by atomic mass is 32.2. The van der Waals surface area contributed by atoms with E-state index in [-0.39, 0.29) is 12.5 Å². The molecule has 0 saturated carbocycles. The number of imide groups is 1. The summed E-state index contributed by atoms with van der Waals surface area (Å²) in [6.07, 6.45) is 1.18. The SMILES string of the molecule is O=C1N[C@]2(CCOc3ccccc32)C(=O)N1CC(=O)N1CCCSc2ccccc21. The van der Waals surface area contributed by atoms with E-state index in [2.05, 4.69) is 5.32 Å². The summed E-state index contributed by atoms with van der Waals surface area (Å²) in [5.74, 6) is 0.855. The molecule has 0 unspecified atom stereocenters. The molecule has 0 aromatic heterocycles. The molecule has 5 rings (SSSR count). The van der Waals surface area contributed by atoms with Crippen LogP contribution in [0.5, 0.6) is 5.75 Å². The van der Waals surface area contributed by atoms with Crippen LogP contribution in [0.15, 0.2) is 53.4 Å². The summed E-state index contributed by atoms with van der Waals surface area (Å²) in [4.78, 5) is 43.2. The van der Waals surface area contributed by atoms with Crippen molar-refractivity contribution in [2.75, 3.05) is 30.3 Å². The van der Waals surface area contributed by atoms with Gasteiger partial charge in [0, 0.05) is 23.4 Å². The molecule has 1 N–H and O–H groups in total. The maximum Gasteiger partial charge on any atom is 0.325 e. The topological polar surface area (TPSA) is 79.0 Å². The third-order valence-corrected chi connectivity index (χ3v) is 6.94. The number of nitrogens with zero attached hydrogens (tertiary/aromatic N) is 2. The molecule has 0 aliphatic carbocycles. The fraction of sp³-hybridized carbons (Fsp3) is 0.318. The van der Waals surface area contributed by atoms with Gasteiger partial charge < -0.3 is 15.0 Å². The molecule has 8 heteroatoms. The Balaban J connectivity index is 1.42. The van der Waals surface area contributed by atoms with E-state index in [0.29, 0.717) is 30.9 Å². The molecular formula is C22H21N3O4S. The van der Waals surface area contributed by atoms with E-state index in [1.807, 2.05) is 36.4 Å². The maximum absolute atomic E-state index is 13.4. The van der Waals surface area contributed by atoms with Crippen molar-refractivity contribution in [1.29, 1.82) is 0 Å². The van der Waals surface area contributed by atoms with E-state index in [1.54, 1.807) is 28.8 Å². The zero-order valence-corrected chi connectivity index (χ0v) is 17.1. The average molecular weight is 423 g/mol. The standard InChI is InChI=1S/C22H21N3O4S/c26-19(24-11-5-13-30-18-9-4-2-7-16(18)24)14-25-20(27)22(23-21(25)28)10-12-29-17-8-3-1-6-15(17)22/h1-4,6-9H,5,10-14H2,(H,23,28)/t22-/m0/s1. The van der Waals surface area contributed by atoms with Crippen molar-refractivity contribution in [3.63, 3.8) is 0 Å². The van der Waals surface area contributed by atoms with Crippen molar-refractivity contribution < 1.29 is 19.1 Å². The first-order valence-electron chi connectivity index (χ1n) is 9.99. The largest absolute Gasteiger partial charge is 0.493 e. The fourth-order valence-corrected chi connectivity index (χ4v) is 5.32. The van der Waals surface area contributed by atoms with Gasteiger partial charge in [-0.1, -0.05) is 30.3 Å². The number of urea groups is 1. The highest BCUT2D eigenvalue weighted by Gasteiger charge is 2.55. The maximum atomic E-state index is 13.4. The summed E-state index contributed by atoms with van der Waals surface area (Å²) < 4.78 is 5.66. The molecule has 30 heavy (non-hydrogen) atoms. The number of hydrogen-bond donors (Lipinski definition) is 1. The Morgan fingerprint density at radius 1 is 1.13 bits per heavy atom. The molecule has 3 aliphatic rings. The van der Waals surface area contributed by atoms with Gasteiger partial charge in [0.1, 0.15) is 12.3 Å².